The van der Waals surface area contributed by atoms with Crippen molar-refractivity contribution in [2.24, 2.45) is 0 Å². The summed E-state index contributed by atoms with van der Waals surface area (Å²) in [5, 5.41) is 36.3. The summed E-state index contributed by atoms with van der Waals surface area (Å²) in [6.07, 6.45) is -5.56. The van der Waals surface area contributed by atoms with Gasteiger partial charge in [0.1, 0.15) is 42.0 Å². The number of allylic oxidation sites excluding steroid dienone is 1. The van der Waals surface area contributed by atoms with E-state index in [2.05, 4.69) is 29.0 Å². The highest BCUT2D eigenvalue weighted by molar-refractivity contribution is 6.08. The molecule has 3 aliphatic heterocycles. The number of rotatable bonds is 7. The number of methoxy groups -OCH3 is 1. The number of aliphatic hydroxyl groups excluding tert-OH is 2. The van der Waals surface area contributed by atoms with Crippen LogP contribution in [0.4, 0.5) is 4.79 Å². The van der Waals surface area contributed by atoms with Crippen LogP contribution in [0.3, 0.4) is 0 Å². The molecule has 3 saturated heterocycles. The maximum absolute atomic E-state index is 14.0. The molecule has 13 nitrogen and oxygen atoms in total. The number of hydrogen-bond donors (Lipinski definition) is 4. The Morgan fingerprint density at radius 2 is 1.98 bits per heavy atom. The van der Waals surface area contributed by atoms with Crippen molar-refractivity contribution in [2.75, 3.05) is 20.8 Å². The number of fused-ring (bicyclic) bond motifs is 3. The molecule has 4 N–H and O–H groups in total. The van der Waals surface area contributed by atoms with E-state index in [1.165, 1.54) is 13.2 Å². The molecule has 3 fully saturated rings. The minimum atomic E-state index is -1.24. The van der Waals surface area contributed by atoms with Gasteiger partial charge < -0.3 is 53.8 Å². The maximum atomic E-state index is 14.0. The van der Waals surface area contributed by atoms with Crippen molar-refractivity contribution in [2.45, 2.75) is 74.5 Å². The summed E-state index contributed by atoms with van der Waals surface area (Å²) in [6, 6.07) is 5.74. The van der Waals surface area contributed by atoms with Gasteiger partial charge in [-0.3, -0.25) is 0 Å². The largest absolute Gasteiger partial charge is 0.508 e. The van der Waals surface area contributed by atoms with Gasteiger partial charge in [-0.25, -0.2) is 9.59 Å². The van der Waals surface area contributed by atoms with Crippen LogP contribution in [-0.2, 0) is 28.4 Å². The minimum Gasteiger partial charge on any atom is -0.507 e. The molecule has 0 saturated carbocycles. The molecule has 2 aromatic carbocycles. The molecule has 7 rings (SSSR count). The summed E-state index contributed by atoms with van der Waals surface area (Å²) in [6.45, 7) is 3.42. The van der Waals surface area contributed by atoms with Crippen molar-refractivity contribution in [3.05, 3.63) is 58.7 Å². The molecule has 2 aromatic rings. The van der Waals surface area contributed by atoms with Crippen LogP contribution in [0, 0.1) is 30.6 Å². The molecule has 10 atom stereocenters. The van der Waals surface area contributed by atoms with E-state index in [9.17, 15) is 24.9 Å². The van der Waals surface area contributed by atoms with Crippen LogP contribution >= 0.6 is 0 Å². The molecule has 2 aliphatic carbocycles. The first-order chi connectivity index (χ1) is 23.0. The van der Waals surface area contributed by atoms with Crippen molar-refractivity contribution in [1.82, 2.24) is 5.32 Å². The topological polar surface area (TPSA) is 175 Å². The smallest absolute Gasteiger partial charge is 0.507 e. The van der Waals surface area contributed by atoms with Crippen LogP contribution in [0.1, 0.15) is 22.8 Å². The molecule has 3 heterocycles. The Bertz CT molecular complexity index is 1880. The number of carbonyl (C=O) groups is 2. The molecule has 5 aliphatic rings. The summed E-state index contributed by atoms with van der Waals surface area (Å²) in [4.78, 5) is 25.7. The Morgan fingerprint density at radius 1 is 1.17 bits per heavy atom. The highest BCUT2D eigenvalue weighted by Crippen LogP contribution is 2.44. The Labute approximate surface area is 275 Å². The molecule has 250 valence electrons. The lowest BCUT2D eigenvalue weighted by Gasteiger charge is -2.42. The Balaban J connectivity index is 1.27. The Morgan fingerprint density at radius 3 is 2.71 bits per heavy atom. The van der Waals surface area contributed by atoms with Gasteiger partial charge in [-0.05, 0) is 62.2 Å². The molecule has 7 unspecified atom stereocenters. The summed E-state index contributed by atoms with van der Waals surface area (Å²) in [5.74, 6) is 11.4. The molecule has 0 radical (unpaired) electrons. The first kappa shape index (κ1) is 32.0. The quantitative estimate of drug-likeness (QED) is 0.191. The van der Waals surface area contributed by atoms with Crippen molar-refractivity contribution in [3.63, 3.8) is 0 Å². The zero-order valence-electron chi connectivity index (χ0n) is 26.4. The lowest BCUT2D eigenvalue weighted by molar-refractivity contribution is -0.273. The number of hydrogen-bond acceptors (Lipinski definition) is 13. The second kappa shape index (κ2) is 12.1. The highest BCUT2D eigenvalue weighted by atomic mass is 16.8. The second-order valence-electron chi connectivity index (χ2n) is 12.1. The fraction of sp³-hybridized carbons (Fsp3) is 0.429. The maximum Gasteiger partial charge on any atom is 0.508 e. The first-order valence-electron chi connectivity index (χ1n) is 15.4. The van der Waals surface area contributed by atoms with Crippen molar-refractivity contribution >= 4 is 22.9 Å². The third kappa shape index (κ3) is 5.35. The van der Waals surface area contributed by atoms with Gasteiger partial charge in [0.15, 0.2) is 24.6 Å². The number of aromatic hydroxyl groups is 1. The third-order valence-electron chi connectivity index (χ3n) is 9.23. The fourth-order valence-corrected chi connectivity index (χ4v) is 6.50. The van der Waals surface area contributed by atoms with Crippen LogP contribution in [0.5, 0.6) is 11.5 Å². The minimum absolute atomic E-state index is 0.0490. The molecule has 0 spiro atoms. The lowest BCUT2D eigenvalue weighted by Crippen LogP contribution is -2.62. The van der Waals surface area contributed by atoms with Crippen LogP contribution in [0.25, 0.3) is 10.8 Å². The van der Waals surface area contributed by atoms with E-state index < -0.39 is 72.8 Å². The Kier molecular flexibility index (Phi) is 8.08. The SMILES string of the molecule is CNC1C(OC2/C3=C/C#C[C@H]4O[C@@]4(C4COC(=O)O4)C#CC3=C[C@@H]2OC(=O)c2c(O)ccc3c(C)cc(OC)cc23)OC(C)C(O)C1O. The number of phenols is 1. The van der Waals surface area contributed by atoms with Gasteiger partial charge in [0.2, 0.25) is 5.60 Å². The number of aliphatic hydroxyl groups is 2. The predicted molar refractivity (Wildman–Crippen MR) is 166 cm³/mol. The van der Waals surface area contributed by atoms with Crippen molar-refractivity contribution in [1.29, 1.82) is 0 Å². The molecular formula is C35H33NO12. The normalized spacial score (nSPS) is 35.7. The number of epoxide rings is 1. The number of ether oxygens (including phenoxy) is 7. The number of carbonyl (C=O) groups excluding carboxylic acids is 2. The van der Waals surface area contributed by atoms with E-state index in [0.717, 1.165) is 10.9 Å². The van der Waals surface area contributed by atoms with Gasteiger partial charge >= 0.3 is 12.1 Å². The zero-order chi connectivity index (χ0) is 33.9. The van der Waals surface area contributed by atoms with Crippen molar-refractivity contribution in [3.8, 4) is 35.2 Å². The molecule has 48 heavy (non-hydrogen) atoms. The summed E-state index contributed by atoms with van der Waals surface area (Å²) in [5.41, 5.74) is 0.400. The molecule has 0 aromatic heterocycles. The zero-order valence-corrected chi connectivity index (χ0v) is 26.4. The number of esters is 1. The summed E-state index contributed by atoms with van der Waals surface area (Å²) < 4.78 is 40.0. The van der Waals surface area contributed by atoms with Gasteiger partial charge in [0.05, 0.1) is 19.3 Å². The number of benzene rings is 2. The predicted octanol–water partition coefficient (Wildman–Crippen LogP) is 1.39. The van der Waals surface area contributed by atoms with Crippen molar-refractivity contribution < 1.29 is 58.1 Å². The van der Waals surface area contributed by atoms with Gasteiger partial charge in [-0.2, -0.15) is 0 Å². The number of phenolic OH excluding ortho intramolecular Hbond substituents is 1. The van der Waals surface area contributed by atoms with Gasteiger partial charge in [-0.15, -0.1) is 0 Å². The molecular weight excluding hydrogens is 626 g/mol. The van der Waals surface area contributed by atoms with E-state index in [1.807, 2.05) is 13.0 Å². The number of likely N-dealkylation sites (N-methyl/N-ethyl adjacent to an activating group) is 1. The monoisotopic (exact) mass is 659 g/mol. The van der Waals surface area contributed by atoms with Crippen LogP contribution in [0.15, 0.2) is 47.6 Å². The Hall–Kier alpha value is -4.60. The first-order valence-corrected chi connectivity index (χ1v) is 15.4. The fourth-order valence-electron chi connectivity index (χ4n) is 6.50. The van der Waals surface area contributed by atoms with Crippen LogP contribution < -0.4 is 10.1 Å². The van der Waals surface area contributed by atoms with E-state index in [-0.39, 0.29) is 17.9 Å². The molecule has 0 bridgehead atoms. The van der Waals surface area contributed by atoms with E-state index in [1.54, 1.807) is 38.3 Å². The summed E-state index contributed by atoms with van der Waals surface area (Å²) in [7, 11) is 3.10. The second-order valence-corrected chi connectivity index (χ2v) is 12.1. The summed E-state index contributed by atoms with van der Waals surface area (Å²) >= 11 is 0. The van der Waals surface area contributed by atoms with Gasteiger partial charge in [0, 0.05) is 16.5 Å². The van der Waals surface area contributed by atoms with Gasteiger partial charge in [0.25, 0.3) is 0 Å². The molecule has 13 heteroatoms. The molecule has 0 amide bonds. The number of cyclic esters (lactones) is 2. The van der Waals surface area contributed by atoms with Crippen LogP contribution in [0.2, 0.25) is 0 Å². The third-order valence-corrected chi connectivity index (χ3v) is 9.23. The standard InChI is InChI=1S/C35H33NO12/c1-16-12-19(42-4)14-22-20(16)8-9-23(37)27(22)32(40)45-24-13-18-10-11-35(26-15-43-34(41)46-26)25(48-35)7-5-6-21(18)31(24)47-33-28(36-3)30(39)29(38)17(2)44-33/h6,8-9,12-14,17,24-26,28-31,33,36-39H,15H2,1-4H3/b21-6+/t17?,24-,25+,26?,28?,29?,30?,31?,33?,35-/m0/s1. The average molecular weight is 660 g/mol. The highest BCUT2D eigenvalue weighted by Gasteiger charge is 2.65. The van der Waals surface area contributed by atoms with E-state index in [0.29, 0.717) is 22.3 Å². The average Bonchev–Trinajstić information content (AvgIpc) is 3.39. The van der Waals surface area contributed by atoms with E-state index in [4.69, 9.17) is 33.2 Å². The van der Waals surface area contributed by atoms with Gasteiger partial charge in [-0.1, -0.05) is 29.7 Å². The number of nitrogens with one attached hydrogen (secondary N) is 1. The van der Waals surface area contributed by atoms with Crippen LogP contribution in [-0.4, -0.2) is 109 Å². The van der Waals surface area contributed by atoms with E-state index >= 15 is 0 Å². The lowest BCUT2D eigenvalue weighted by atomic mass is 9.97. The number of aryl methyl sites for hydroxylation is 1.